The summed E-state index contributed by atoms with van der Waals surface area (Å²) < 4.78 is 0. The maximum Gasteiger partial charge on any atom is 0.0862 e. The normalized spacial score (nSPS) is 38.9. The van der Waals surface area contributed by atoms with E-state index in [1.54, 1.807) is 0 Å². The van der Waals surface area contributed by atoms with E-state index in [-0.39, 0.29) is 5.92 Å². The molecular formula is C16H27NO. The van der Waals surface area contributed by atoms with Gasteiger partial charge in [-0.1, -0.05) is 40.0 Å². The van der Waals surface area contributed by atoms with Crippen LogP contribution in [0.15, 0.2) is 0 Å². The summed E-state index contributed by atoms with van der Waals surface area (Å²) in [5.41, 5.74) is -0.907. The number of aliphatic hydroxyl groups is 1. The summed E-state index contributed by atoms with van der Waals surface area (Å²) in [6.45, 7) is 6.71. The summed E-state index contributed by atoms with van der Waals surface area (Å²) in [4.78, 5) is 0. The Morgan fingerprint density at radius 1 is 1.06 bits per heavy atom. The highest BCUT2D eigenvalue weighted by molar-refractivity contribution is 5.15. The number of hydrogen-bond acceptors (Lipinski definition) is 2. The first kappa shape index (κ1) is 13.9. The fraction of sp³-hybridized carbons (Fsp3) is 0.938. The molecule has 0 aliphatic heterocycles. The molecule has 0 spiro atoms. The second kappa shape index (κ2) is 4.53. The summed E-state index contributed by atoms with van der Waals surface area (Å²) >= 11 is 0. The number of nitriles is 1. The van der Waals surface area contributed by atoms with Crippen LogP contribution in [0.25, 0.3) is 0 Å². The molecule has 2 rings (SSSR count). The smallest absolute Gasteiger partial charge is 0.0862 e. The van der Waals surface area contributed by atoms with Crippen molar-refractivity contribution in [3.8, 4) is 6.07 Å². The Balaban J connectivity index is 2.27. The van der Waals surface area contributed by atoms with Gasteiger partial charge in [0.2, 0.25) is 0 Å². The third kappa shape index (κ3) is 2.07. The van der Waals surface area contributed by atoms with Crippen LogP contribution in [0.1, 0.15) is 72.1 Å². The molecule has 2 heteroatoms. The zero-order valence-corrected chi connectivity index (χ0v) is 12.1. The first-order chi connectivity index (χ1) is 8.35. The molecular weight excluding hydrogens is 222 g/mol. The van der Waals surface area contributed by atoms with Gasteiger partial charge in [0.05, 0.1) is 17.1 Å². The van der Waals surface area contributed by atoms with Crippen molar-refractivity contribution < 1.29 is 5.11 Å². The number of rotatable bonds is 1. The van der Waals surface area contributed by atoms with Gasteiger partial charge in [-0.3, -0.25) is 0 Å². The third-order valence-electron chi connectivity index (χ3n) is 5.61. The Kier molecular flexibility index (Phi) is 3.49. The monoisotopic (exact) mass is 249 g/mol. The SMILES string of the molecule is CC1CC(C)(C)CCC1(O)C1(C#N)CCCCC1. The topological polar surface area (TPSA) is 44.0 Å². The molecule has 0 saturated heterocycles. The number of nitrogens with zero attached hydrogens (tertiary/aromatic N) is 1. The molecule has 2 saturated carbocycles. The molecule has 0 radical (unpaired) electrons. The van der Waals surface area contributed by atoms with Crippen molar-refractivity contribution in [2.45, 2.75) is 77.7 Å². The second-order valence-electron chi connectivity index (χ2n) is 7.45. The molecule has 0 aromatic carbocycles. The van der Waals surface area contributed by atoms with Crippen molar-refractivity contribution in [2.75, 3.05) is 0 Å². The Bertz CT molecular complexity index is 349. The van der Waals surface area contributed by atoms with E-state index in [1.165, 1.54) is 6.42 Å². The molecule has 0 bridgehead atoms. The molecule has 0 amide bonds. The highest BCUT2D eigenvalue weighted by Gasteiger charge is 2.56. The van der Waals surface area contributed by atoms with Crippen LogP contribution < -0.4 is 0 Å². The molecule has 0 heterocycles. The molecule has 2 aliphatic carbocycles. The summed E-state index contributed by atoms with van der Waals surface area (Å²) in [5, 5.41) is 20.9. The zero-order valence-electron chi connectivity index (χ0n) is 12.1. The van der Waals surface area contributed by atoms with Crippen LogP contribution >= 0.6 is 0 Å². The second-order valence-corrected chi connectivity index (χ2v) is 7.45. The lowest BCUT2D eigenvalue weighted by atomic mass is 9.53. The molecule has 1 N–H and O–H groups in total. The van der Waals surface area contributed by atoms with Crippen molar-refractivity contribution >= 4 is 0 Å². The van der Waals surface area contributed by atoms with E-state index < -0.39 is 11.0 Å². The van der Waals surface area contributed by atoms with Crippen molar-refractivity contribution in [1.29, 1.82) is 5.26 Å². The largest absolute Gasteiger partial charge is 0.388 e. The van der Waals surface area contributed by atoms with E-state index in [4.69, 9.17) is 0 Å². The van der Waals surface area contributed by atoms with Crippen LogP contribution in [-0.2, 0) is 0 Å². The van der Waals surface area contributed by atoms with E-state index in [0.717, 1.165) is 44.9 Å². The van der Waals surface area contributed by atoms with Crippen molar-refractivity contribution in [1.82, 2.24) is 0 Å². The van der Waals surface area contributed by atoms with Gasteiger partial charge in [0, 0.05) is 0 Å². The molecule has 102 valence electrons. The standard InChI is InChI=1S/C16H27NO/c1-13-11-14(2,3)9-10-16(13,18)15(12-17)7-5-4-6-8-15/h13,18H,4-11H2,1-3H3. The van der Waals surface area contributed by atoms with E-state index >= 15 is 0 Å². The predicted molar refractivity (Wildman–Crippen MR) is 72.9 cm³/mol. The van der Waals surface area contributed by atoms with Crippen LogP contribution in [0, 0.1) is 28.1 Å². The maximum absolute atomic E-state index is 11.2. The van der Waals surface area contributed by atoms with Crippen LogP contribution in [0.3, 0.4) is 0 Å². The number of hydrogen-bond donors (Lipinski definition) is 1. The lowest BCUT2D eigenvalue weighted by Crippen LogP contribution is -2.56. The summed E-state index contributed by atoms with van der Waals surface area (Å²) in [5.74, 6) is 0.235. The fourth-order valence-corrected chi connectivity index (χ4v) is 4.38. The molecule has 18 heavy (non-hydrogen) atoms. The highest BCUT2D eigenvalue weighted by Crippen LogP contribution is 2.55. The molecule has 2 unspecified atom stereocenters. The maximum atomic E-state index is 11.2. The molecule has 0 aromatic heterocycles. The lowest BCUT2D eigenvalue weighted by Gasteiger charge is -2.54. The van der Waals surface area contributed by atoms with E-state index in [0.29, 0.717) is 5.41 Å². The van der Waals surface area contributed by atoms with Gasteiger partial charge >= 0.3 is 0 Å². The van der Waals surface area contributed by atoms with Crippen LogP contribution in [-0.4, -0.2) is 10.7 Å². The Labute approximate surface area is 111 Å². The minimum absolute atomic E-state index is 0.235. The minimum Gasteiger partial charge on any atom is -0.388 e. The Morgan fingerprint density at radius 3 is 2.17 bits per heavy atom. The zero-order chi connectivity index (χ0) is 13.4. The minimum atomic E-state index is -0.752. The Hall–Kier alpha value is -0.550. The van der Waals surface area contributed by atoms with E-state index in [9.17, 15) is 10.4 Å². The van der Waals surface area contributed by atoms with Gasteiger partial charge in [0.25, 0.3) is 0 Å². The van der Waals surface area contributed by atoms with Gasteiger partial charge in [-0.15, -0.1) is 0 Å². The molecule has 2 nitrogen and oxygen atoms in total. The van der Waals surface area contributed by atoms with Crippen molar-refractivity contribution in [2.24, 2.45) is 16.7 Å². The van der Waals surface area contributed by atoms with E-state index in [1.807, 2.05) is 0 Å². The molecule has 0 aromatic rings. The van der Waals surface area contributed by atoms with Crippen molar-refractivity contribution in [3.05, 3.63) is 0 Å². The van der Waals surface area contributed by atoms with Crippen molar-refractivity contribution in [3.63, 3.8) is 0 Å². The van der Waals surface area contributed by atoms with Gasteiger partial charge in [-0.05, 0) is 43.4 Å². The fourth-order valence-electron chi connectivity index (χ4n) is 4.38. The van der Waals surface area contributed by atoms with Gasteiger partial charge in [0.1, 0.15) is 0 Å². The van der Waals surface area contributed by atoms with E-state index in [2.05, 4.69) is 26.8 Å². The predicted octanol–water partition coefficient (Wildman–Crippen LogP) is 4.04. The van der Waals surface area contributed by atoms with Gasteiger partial charge < -0.3 is 5.11 Å². The van der Waals surface area contributed by atoms with Gasteiger partial charge in [-0.2, -0.15) is 5.26 Å². The summed E-state index contributed by atoms with van der Waals surface area (Å²) in [6, 6.07) is 2.54. The summed E-state index contributed by atoms with van der Waals surface area (Å²) in [7, 11) is 0. The average molecular weight is 249 g/mol. The third-order valence-corrected chi connectivity index (χ3v) is 5.61. The first-order valence-electron chi connectivity index (χ1n) is 7.49. The van der Waals surface area contributed by atoms with Crippen LogP contribution in [0.5, 0.6) is 0 Å². The molecule has 2 aliphatic rings. The van der Waals surface area contributed by atoms with Crippen LogP contribution in [0.2, 0.25) is 0 Å². The van der Waals surface area contributed by atoms with Gasteiger partial charge in [-0.25, -0.2) is 0 Å². The average Bonchev–Trinajstić information content (AvgIpc) is 2.35. The van der Waals surface area contributed by atoms with Gasteiger partial charge in [0.15, 0.2) is 0 Å². The molecule has 2 fully saturated rings. The summed E-state index contributed by atoms with van der Waals surface area (Å²) in [6.07, 6.45) is 8.09. The van der Waals surface area contributed by atoms with Crippen LogP contribution in [0.4, 0.5) is 0 Å². The highest BCUT2D eigenvalue weighted by atomic mass is 16.3. The Morgan fingerprint density at radius 2 is 1.67 bits per heavy atom. The first-order valence-corrected chi connectivity index (χ1v) is 7.49. The quantitative estimate of drug-likeness (QED) is 0.762. The lowest BCUT2D eigenvalue weighted by molar-refractivity contribution is -0.149. The molecule has 2 atom stereocenters.